The highest BCUT2D eigenvalue weighted by atomic mass is 16.5. The number of rotatable bonds is 2. The standard InChI is InChI=1S/C19H28O3/c1-6-17(3)10-13-7-8-18(4,12(2)20)14-9-16(21)22-15(11-17)19(13,14)5/h6,13-15H,1,7-11H2,2-5H3/t13-,14-,15+,17+,18-,19-/m1/s1. The van der Waals surface area contributed by atoms with E-state index in [1.165, 1.54) is 0 Å². The molecule has 3 heteroatoms. The van der Waals surface area contributed by atoms with Crippen LogP contribution in [0.25, 0.3) is 0 Å². The zero-order valence-corrected chi connectivity index (χ0v) is 14.3. The first-order valence-electron chi connectivity index (χ1n) is 8.50. The number of ether oxygens (including phenoxy) is 1. The maximum atomic E-state index is 12.4. The van der Waals surface area contributed by atoms with Crippen LogP contribution in [0.2, 0.25) is 0 Å². The highest BCUT2D eigenvalue weighted by Gasteiger charge is 2.65. The van der Waals surface area contributed by atoms with Crippen molar-refractivity contribution in [2.45, 2.75) is 65.9 Å². The lowest BCUT2D eigenvalue weighted by molar-refractivity contribution is -0.222. The number of ketones is 1. The Morgan fingerprint density at radius 3 is 2.59 bits per heavy atom. The van der Waals surface area contributed by atoms with Gasteiger partial charge in [0.2, 0.25) is 0 Å². The molecule has 0 aromatic heterocycles. The number of carbonyl (C=O) groups excluding carboxylic acids is 2. The normalized spacial score (nSPS) is 50.7. The molecule has 3 fully saturated rings. The van der Waals surface area contributed by atoms with Gasteiger partial charge in [-0.05, 0) is 49.9 Å². The highest BCUT2D eigenvalue weighted by Crippen LogP contribution is 2.65. The molecule has 3 aliphatic rings. The van der Waals surface area contributed by atoms with Gasteiger partial charge in [0, 0.05) is 17.3 Å². The Labute approximate surface area is 133 Å². The fourth-order valence-corrected chi connectivity index (χ4v) is 5.60. The molecule has 1 aliphatic heterocycles. The molecule has 22 heavy (non-hydrogen) atoms. The third kappa shape index (κ3) is 1.93. The summed E-state index contributed by atoms with van der Waals surface area (Å²) in [6.45, 7) is 12.2. The SMILES string of the molecule is C=C[C@@]1(C)C[C@H]2CC[C@](C)(C(C)=O)[C@H]3CC(=O)O[C@@H](C1)[C@]23C. The molecule has 0 radical (unpaired) electrons. The van der Waals surface area contributed by atoms with Gasteiger partial charge in [-0.3, -0.25) is 9.59 Å². The van der Waals surface area contributed by atoms with Crippen molar-refractivity contribution in [3.63, 3.8) is 0 Å². The van der Waals surface area contributed by atoms with Crippen molar-refractivity contribution >= 4 is 11.8 Å². The lowest BCUT2D eigenvalue weighted by Gasteiger charge is -2.63. The van der Waals surface area contributed by atoms with Gasteiger partial charge < -0.3 is 4.74 Å². The van der Waals surface area contributed by atoms with Gasteiger partial charge in [-0.2, -0.15) is 0 Å². The number of allylic oxidation sites excluding steroid dienone is 1. The first-order chi connectivity index (χ1) is 10.2. The summed E-state index contributed by atoms with van der Waals surface area (Å²) >= 11 is 0. The quantitative estimate of drug-likeness (QED) is 0.574. The molecule has 3 rings (SSSR count). The van der Waals surface area contributed by atoms with Crippen LogP contribution in [0.5, 0.6) is 0 Å². The second-order valence-corrected chi connectivity index (χ2v) is 8.58. The number of carbonyl (C=O) groups is 2. The summed E-state index contributed by atoms with van der Waals surface area (Å²) in [7, 11) is 0. The molecule has 0 aromatic rings. The van der Waals surface area contributed by atoms with E-state index in [2.05, 4.69) is 27.4 Å². The van der Waals surface area contributed by atoms with Crippen molar-refractivity contribution in [1.29, 1.82) is 0 Å². The molecule has 6 atom stereocenters. The van der Waals surface area contributed by atoms with E-state index in [0.29, 0.717) is 12.3 Å². The van der Waals surface area contributed by atoms with E-state index in [1.54, 1.807) is 6.92 Å². The van der Waals surface area contributed by atoms with Gasteiger partial charge in [-0.25, -0.2) is 0 Å². The molecule has 2 saturated carbocycles. The van der Waals surface area contributed by atoms with E-state index in [1.807, 2.05) is 6.08 Å². The zero-order valence-electron chi connectivity index (χ0n) is 14.3. The molecule has 0 N–H and O–H groups in total. The first-order valence-corrected chi connectivity index (χ1v) is 8.50. The molecule has 0 aromatic carbocycles. The van der Waals surface area contributed by atoms with Crippen LogP contribution in [0.4, 0.5) is 0 Å². The fraction of sp³-hybridized carbons (Fsp3) is 0.789. The number of hydrogen-bond donors (Lipinski definition) is 0. The summed E-state index contributed by atoms with van der Waals surface area (Å²) in [6, 6.07) is 0. The zero-order chi connectivity index (χ0) is 16.3. The van der Waals surface area contributed by atoms with Crippen molar-refractivity contribution in [2.24, 2.45) is 28.1 Å². The van der Waals surface area contributed by atoms with E-state index in [9.17, 15) is 9.59 Å². The number of Topliss-reactive ketones (excluding diaryl/α,β-unsaturated/α-hetero) is 1. The second kappa shape index (κ2) is 4.69. The van der Waals surface area contributed by atoms with Crippen molar-refractivity contribution in [3.05, 3.63) is 12.7 Å². The van der Waals surface area contributed by atoms with Crippen LogP contribution in [0.15, 0.2) is 12.7 Å². The minimum Gasteiger partial charge on any atom is -0.462 e. The molecule has 122 valence electrons. The van der Waals surface area contributed by atoms with E-state index in [0.717, 1.165) is 25.7 Å². The molecule has 3 nitrogen and oxygen atoms in total. The van der Waals surface area contributed by atoms with E-state index >= 15 is 0 Å². The van der Waals surface area contributed by atoms with Crippen molar-refractivity contribution in [1.82, 2.24) is 0 Å². The second-order valence-electron chi connectivity index (χ2n) is 8.58. The minimum absolute atomic E-state index is 0.0287. The van der Waals surface area contributed by atoms with E-state index in [-0.39, 0.29) is 40.0 Å². The van der Waals surface area contributed by atoms with Crippen LogP contribution in [-0.4, -0.2) is 17.9 Å². The third-order valence-corrected chi connectivity index (χ3v) is 7.41. The fourth-order valence-electron chi connectivity index (χ4n) is 5.60. The van der Waals surface area contributed by atoms with Crippen molar-refractivity contribution in [2.75, 3.05) is 0 Å². The average Bonchev–Trinajstić information content (AvgIpc) is 2.44. The molecule has 0 spiro atoms. The Bertz CT molecular complexity index is 539. The maximum absolute atomic E-state index is 12.4. The van der Waals surface area contributed by atoms with Crippen LogP contribution in [-0.2, 0) is 14.3 Å². The number of esters is 1. The predicted octanol–water partition coefficient (Wildman–Crippen LogP) is 3.92. The first kappa shape index (κ1) is 15.8. The van der Waals surface area contributed by atoms with Crippen LogP contribution < -0.4 is 0 Å². The van der Waals surface area contributed by atoms with Crippen molar-refractivity contribution < 1.29 is 14.3 Å². The Hall–Kier alpha value is -1.12. The van der Waals surface area contributed by atoms with Gasteiger partial charge in [0.05, 0.1) is 0 Å². The summed E-state index contributed by atoms with van der Waals surface area (Å²) in [4.78, 5) is 24.6. The molecule has 0 bridgehead atoms. The van der Waals surface area contributed by atoms with Crippen LogP contribution in [0, 0.1) is 28.1 Å². The van der Waals surface area contributed by atoms with Gasteiger partial charge in [-0.1, -0.05) is 26.8 Å². The van der Waals surface area contributed by atoms with Gasteiger partial charge in [0.15, 0.2) is 0 Å². The predicted molar refractivity (Wildman–Crippen MR) is 85.1 cm³/mol. The average molecular weight is 304 g/mol. The lowest BCUT2D eigenvalue weighted by atomic mass is 9.42. The van der Waals surface area contributed by atoms with Crippen LogP contribution >= 0.6 is 0 Å². The summed E-state index contributed by atoms with van der Waals surface area (Å²) in [5, 5.41) is 0. The van der Waals surface area contributed by atoms with Gasteiger partial charge in [0.1, 0.15) is 11.9 Å². The van der Waals surface area contributed by atoms with Gasteiger partial charge >= 0.3 is 5.97 Å². The monoisotopic (exact) mass is 304 g/mol. The van der Waals surface area contributed by atoms with Gasteiger partial charge in [0.25, 0.3) is 0 Å². The Balaban J connectivity index is 2.07. The Morgan fingerprint density at radius 2 is 2.00 bits per heavy atom. The maximum Gasteiger partial charge on any atom is 0.306 e. The molecule has 1 heterocycles. The molecule has 1 saturated heterocycles. The summed E-state index contributed by atoms with van der Waals surface area (Å²) in [5.41, 5.74) is -0.430. The van der Waals surface area contributed by atoms with Crippen LogP contribution in [0.3, 0.4) is 0 Å². The van der Waals surface area contributed by atoms with Gasteiger partial charge in [-0.15, -0.1) is 6.58 Å². The molecule has 2 aliphatic carbocycles. The Morgan fingerprint density at radius 1 is 1.32 bits per heavy atom. The lowest BCUT2D eigenvalue weighted by Crippen LogP contribution is -2.64. The smallest absolute Gasteiger partial charge is 0.306 e. The number of hydrogen-bond acceptors (Lipinski definition) is 3. The van der Waals surface area contributed by atoms with Crippen LogP contribution in [0.1, 0.15) is 59.8 Å². The highest BCUT2D eigenvalue weighted by molar-refractivity contribution is 5.84. The molecule has 0 amide bonds. The summed E-state index contributed by atoms with van der Waals surface area (Å²) < 4.78 is 5.80. The topological polar surface area (TPSA) is 43.4 Å². The van der Waals surface area contributed by atoms with E-state index in [4.69, 9.17) is 4.74 Å². The van der Waals surface area contributed by atoms with E-state index < -0.39 is 0 Å². The molecular formula is C19H28O3. The van der Waals surface area contributed by atoms with Crippen molar-refractivity contribution in [3.8, 4) is 0 Å². The third-order valence-electron chi connectivity index (χ3n) is 7.41. The molecule has 0 unspecified atom stereocenters. The minimum atomic E-state index is -0.384. The Kier molecular flexibility index (Phi) is 3.36. The summed E-state index contributed by atoms with van der Waals surface area (Å²) in [6.07, 6.45) is 6.19. The summed E-state index contributed by atoms with van der Waals surface area (Å²) in [5.74, 6) is 0.702. The molecular weight excluding hydrogens is 276 g/mol. The largest absolute Gasteiger partial charge is 0.462 e.